The molecule has 126 valence electrons. The van der Waals surface area contributed by atoms with Gasteiger partial charge in [0, 0.05) is 0 Å². The zero-order valence-electron chi connectivity index (χ0n) is 15.6. The summed E-state index contributed by atoms with van der Waals surface area (Å²) in [4.78, 5) is 0. The third-order valence-corrected chi connectivity index (χ3v) is 10.1. The molecule has 25 heavy (non-hydrogen) atoms. The molecule has 2 aliphatic carbocycles. The second-order valence-corrected chi connectivity index (χ2v) is 11.4. The molecule has 2 aromatic rings. The molecule has 0 spiro atoms. The van der Waals surface area contributed by atoms with Gasteiger partial charge in [0.2, 0.25) is 0 Å². The van der Waals surface area contributed by atoms with Crippen LogP contribution in [0.25, 0.3) is 11.1 Å². The van der Waals surface area contributed by atoms with E-state index in [4.69, 9.17) is 0 Å². The molecule has 0 N–H and O–H groups in total. The van der Waals surface area contributed by atoms with Gasteiger partial charge in [0.05, 0.1) is 0 Å². The van der Waals surface area contributed by atoms with Gasteiger partial charge in [-0.1, -0.05) is 0 Å². The Morgan fingerprint density at radius 2 is 1.36 bits per heavy atom. The predicted octanol–water partition coefficient (Wildman–Crippen LogP) is 6.59. The van der Waals surface area contributed by atoms with Gasteiger partial charge >= 0.3 is 164 Å². The number of allylic oxidation sites excluding steroid dienone is 4. The molecule has 0 saturated heterocycles. The predicted molar refractivity (Wildman–Crippen MR) is 103 cm³/mol. The third kappa shape index (κ3) is 2.95. The SMILES string of the molecule is CC(C)C1=[C]([Zr][CH]2c3ccccc3-c3ccccc32)C(C(C)C)C=C1. The summed E-state index contributed by atoms with van der Waals surface area (Å²) >= 11 is -0.767. The molecular weight excluding hydrogens is 379 g/mol. The van der Waals surface area contributed by atoms with Gasteiger partial charge in [0.25, 0.3) is 0 Å². The van der Waals surface area contributed by atoms with Crippen molar-refractivity contribution in [3.8, 4) is 11.1 Å². The molecule has 0 heterocycles. The van der Waals surface area contributed by atoms with Crippen molar-refractivity contribution in [2.45, 2.75) is 31.3 Å². The zero-order valence-corrected chi connectivity index (χ0v) is 18.0. The third-order valence-electron chi connectivity index (χ3n) is 5.60. The van der Waals surface area contributed by atoms with Crippen molar-refractivity contribution in [2.75, 3.05) is 0 Å². The van der Waals surface area contributed by atoms with Crippen LogP contribution in [-0.2, 0) is 23.2 Å². The fraction of sp³-hybridized carbons (Fsp3) is 0.333. The minimum atomic E-state index is -0.767. The van der Waals surface area contributed by atoms with E-state index in [0.29, 0.717) is 21.4 Å². The summed E-state index contributed by atoms with van der Waals surface area (Å²) in [5.74, 6) is 2.02. The molecule has 0 nitrogen and oxygen atoms in total. The number of hydrogen-bond acceptors (Lipinski definition) is 0. The number of benzene rings is 2. The minimum absolute atomic E-state index is 0.641. The Hall–Kier alpha value is -1.20. The Balaban J connectivity index is 1.79. The monoisotopic (exact) mass is 404 g/mol. The van der Waals surface area contributed by atoms with Gasteiger partial charge in [-0.2, -0.15) is 0 Å². The number of fused-ring (bicyclic) bond motifs is 3. The average Bonchev–Trinajstić information content (AvgIpc) is 3.16. The van der Waals surface area contributed by atoms with Crippen molar-refractivity contribution in [1.29, 1.82) is 0 Å². The summed E-state index contributed by atoms with van der Waals surface area (Å²) in [6, 6.07) is 18.2. The Bertz CT molecular complexity index is 808. The first-order valence-corrected chi connectivity index (χ1v) is 12.1. The van der Waals surface area contributed by atoms with E-state index in [9.17, 15) is 0 Å². The summed E-state index contributed by atoms with van der Waals surface area (Å²) in [5.41, 5.74) is 7.76. The van der Waals surface area contributed by atoms with E-state index >= 15 is 0 Å². The first kappa shape index (κ1) is 17.2. The van der Waals surface area contributed by atoms with E-state index in [1.165, 1.54) is 11.1 Å². The van der Waals surface area contributed by atoms with Crippen molar-refractivity contribution in [3.63, 3.8) is 0 Å². The topological polar surface area (TPSA) is 0 Å². The van der Waals surface area contributed by atoms with Crippen LogP contribution < -0.4 is 0 Å². The Morgan fingerprint density at radius 1 is 0.800 bits per heavy atom. The van der Waals surface area contributed by atoms with Gasteiger partial charge in [-0.05, 0) is 0 Å². The van der Waals surface area contributed by atoms with Gasteiger partial charge in [0.1, 0.15) is 0 Å². The second kappa shape index (κ2) is 6.84. The molecule has 1 unspecified atom stereocenters. The van der Waals surface area contributed by atoms with Crippen LogP contribution in [0.2, 0.25) is 0 Å². The van der Waals surface area contributed by atoms with Gasteiger partial charge in [-0.3, -0.25) is 0 Å². The van der Waals surface area contributed by atoms with Crippen molar-refractivity contribution in [1.82, 2.24) is 0 Å². The summed E-state index contributed by atoms with van der Waals surface area (Å²) in [5, 5.41) is 0. The van der Waals surface area contributed by atoms with E-state index in [1.54, 1.807) is 16.7 Å². The van der Waals surface area contributed by atoms with Crippen LogP contribution >= 0.6 is 0 Å². The van der Waals surface area contributed by atoms with Gasteiger partial charge in [-0.15, -0.1) is 0 Å². The quantitative estimate of drug-likeness (QED) is 0.538. The molecule has 4 rings (SSSR count). The van der Waals surface area contributed by atoms with E-state index in [0.717, 1.165) is 0 Å². The second-order valence-electron chi connectivity index (χ2n) is 7.90. The summed E-state index contributed by atoms with van der Waals surface area (Å²) in [7, 11) is 0. The average molecular weight is 406 g/mol. The molecule has 0 amide bonds. The van der Waals surface area contributed by atoms with E-state index in [-0.39, 0.29) is 0 Å². The first-order valence-electron chi connectivity index (χ1n) is 9.45. The Kier molecular flexibility index (Phi) is 4.72. The fourth-order valence-electron chi connectivity index (χ4n) is 4.29. The van der Waals surface area contributed by atoms with Crippen LogP contribution in [0, 0.1) is 17.8 Å². The molecule has 0 fully saturated rings. The molecule has 1 heteroatoms. The van der Waals surface area contributed by atoms with Crippen molar-refractivity contribution >= 4 is 0 Å². The molecule has 0 saturated carbocycles. The zero-order chi connectivity index (χ0) is 17.6. The van der Waals surface area contributed by atoms with Crippen LogP contribution in [-0.4, -0.2) is 0 Å². The number of hydrogen-bond donors (Lipinski definition) is 0. The van der Waals surface area contributed by atoms with Crippen molar-refractivity contribution in [2.24, 2.45) is 17.8 Å². The maximum absolute atomic E-state index is 2.49. The van der Waals surface area contributed by atoms with E-state index < -0.39 is 23.2 Å². The van der Waals surface area contributed by atoms with Gasteiger partial charge in [0.15, 0.2) is 0 Å². The molecule has 2 aliphatic rings. The Morgan fingerprint density at radius 3 is 1.88 bits per heavy atom. The molecule has 1 atom stereocenters. The van der Waals surface area contributed by atoms with Crippen LogP contribution in [0.15, 0.2) is 69.5 Å². The number of rotatable bonds is 4. The standard InChI is InChI=1S/C13H9.C11H17.Zr/c1-3-7-12-10(5-1)9-11-6-2-4-8-13(11)12;1-8(2)10-5-6-11(7-10)9(3)4;/h1-9H;5-6,8-10H,1-4H3;. The normalized spacial score (nSPS) is 19.0. The van der Waals surface area contributed by atoms with E-state index in [2.05, 4.69) is 88.4 Å². The van der Waals surface area contributed by atoms with Gasteiger partial charge in [-0.25, -0.2) is 0 Å². The van der Waals surface area contributed by atoms with Crippen molar-refractivity contribution < 1.29 is 23.2 Å². The van der Waals surface area contributed by atoms with E-state index in [1.807, 2.05) is 3.28 Å². The van der Waals surface area contributed by atoms with Crippen molar-refractivity contribution in [3.05, 3.63) is 80.7 Å². The molecule has 0 bridgehead atoms. The fourth-order valence-corrected chi connectivity index (χ4v) is 9.91. The van der Waals surface area contributed by atoms with Crippen LogP contribution in [0.1, 0.15) is 42.4 Å². The summed E-state index contributed by atoms with van der Waals surface area (Å²) in [6.07, 6.45) is 4.93. The molecule has 0 aromatic heterocycles. The summed E-state index contributed by atoms with van der Waals surface area (Å²) < 4.78 is 2.51. The van der Waals surface area contributed by atoms with Gasteiger partial charge < -0.3 is 0 Å². The molecule has 0 radical (unpaired) electrons. The maximum atomic E-state index is 2.49. The first-order chi connectivity index (χ1) is 12.1. The summed E-state index contributed by atoms with van der Waals surface area (Å²) in [6.45, 7) is 9.49. The molecule has 0 aliphatic heterocycles. The van der Waals surface area contributed by atoms with Crippen LogP contribution in [0.3, 0.4) is 0 Å². The van der Waals surface area contributed by atoms with Crippen LogP contribution in [0.4, 0.5) is 0 Å². The Labute approximate surface area is 163 Å². The van der Waals surface area contributed by atoms with Crippen LogP contribution in [0.5, 0.6) is 0 Å². The molecular formula is C24H26Zr. The molecule has 2 aromatic carbocycles.